The molecule has 0 radical (unpaired) electrons. The highest BCUT2D eigenvalue weighted by Crippen LogP contribution is 2.27. The number of hydrogen-bond acceptors (Lipinski definition) is 7. The lowest BCUT2D eigenvalue weighted by Gasteiger charge is -2.38. The van der Waals surface area contributed by atoms with Crippen molar-refractivity contribution in [1.29, 1.82) is 5.41 Å². The highest BCUT2D eigenvalue weighted by atomic mass is 16.5. The number of amides is 1. The number of rotatable bonds is 5. The van der Waals surface area contributed by atoms with Crippen molar-refractivity contribution >= 4 is 17.8 Å². The Kier molecular flexibility index (Phi) is 5.42. The standard InChI is InChI=1S/C21H23N7O2/c1-14-6-7-15(30-20-17(12-22)18(23)8-9-24-20)13-27(14)21(29)16-4-2-3-5-19(16)28-25-10-11-26-28/h2-5,8-12,14-15,22H,6-7,13H2,1H3,(H2,23,24). The van der Waals surface area contributed by atoms with Crippen molar-refractivity contribution in [2.24, 2.45) is 0 Å². The van der Waals surface area contributed by atoms with E-state index < -0.39 is 0 Å². The normalized spacial score (nSPS) is 18.8. The van der Waals surface area contributed by atoms with Crippen LogP contribution >= 0.6 is 0 Å². The van der Waals surface area contributed by atoms with E-state index in [2.05, 4.69) is 15.2 Å². The van der Waals surface area contributed by atoms with Gasteiger partial charge in [-0.2, -0.15) is 15.0 Å². The van der Waals surface area contributed by atoms with Crippen molar-refractivity contribution < 1.29 is 9.53 Å². The Hall–Kier alpha value is -3.75. The molecule has 3 N–H and O–H groups in total. The number of nitrogens with two attached hydrogens (primary N) is 1. The zero-order valence-corrected chi connectivity index (χ0v) is 16.6. The Labute approximate surface area is 174 Å². The maximum Gasteiger partial charge on any atom is 0.256 e. The van der Waals surface area contributed by atoms with Crippen LogP contribution < -0.4 is 10.5 Å². The van der Waals surface area contributed by atoms with E-state index in [1.54, 1.807) is 30.7 Å². The van der Waals surface area contributed by atoms with Gasteiger partial charge in [0.25, 0.3) is 5.91 Å². The first-order valence-corrected chi connectivity index (χ1v) is 9.76. The number of ether oxygens (including phenoxy) is 1. The highest BCUT2D eigenvalue weighted by Gasteiger charge is 2.32. The quantitative estimate of drug-likeness (QED) is 0.628. The lowest BCUT2D eigenvalue weighted by Crippen LogP contribution is -2.49. The van der Waals surface area contributed by atoms with E-state index in [4.69, 9.17) is 15.9 Å². The van der Waals surface area contributed by atoms with Crippen molar-refractivity contribution in [3.8, 4) is 11.6 Å². The number of piperidine rings is 1. The Bertz CT molecular complexity index is 1050. The van der Waals surface area contributed by atoms with Crippen molar-refractivity contribution in [1.82, 2.24) is 24.9 Å². The smallest absolute Gasteiger partial charge is 0.256 e. The van der Waals surface area contributed by atoms with Gasteiger partial charge in [-0.25, -0.2) is 4.98 Å². The minimum absolute atomic E-state index is 0.0620. The van der Waals surface area contributed by atoms with Crippen LogP contribution in [0.3, 0.4) is 0 Å². The van der Waals surface area contributed by atoms with Gasteiger partial charge in [-0.3, -0.25) is 4.79 Å². The summed E-state index contributed by atoms with van der Waals surface area (Å²) < 4.78 is 6.06. The van der Waals surface area contributed by atoms with Gasteiger partial charge >= 0.3 is 0 Å². The summed E-state index contributed by atoms with van der Waals surface area (Å²) in [5.74, 6) is 0.217. The Balaban J connectivity index is 1.57. The molecule has 9 nitrogen and oxygen atoms in total. The number of para-hydroxylation sites is 1. The summed E-state index contributed by atoms with van der Waals surface area (Å²) in [6.45, 7) is 2.44. The summed E-state index contributed by atoms with van der Waals surface area (Å²) in [4.78, 5) is 20.9. The van der Waals surface area contributed by atoms with Crippen LogP contribution in [0.4, 0.5) is 5.69 Å². The predicted octanol–water partition coefficient (Wildman–Crippen LogP) is 2.31. The largest absolute Gasteiger partial charge is 0.472 e. The van der Waals surface area contributed by atoms with Crippen LogP contribution in [0, 0.1) is 5.41 Å². The molecule has 1 aliphatic heterocycles. The topological polar surface area (TPSA) is 123 Å². The van der Waals surface area contributed by atoms with Gasteiger partial charge in [0, 0.05) is 24.1 Å². The molecule has 1 fully saturated rings. The molecule has 1 amide bonds. The van der Waals surface area contributed by atoms with Gasteiger partial charge in [-0.15, -0.1) is 0 Å². The van der Waals surface area contributed by atoms with Gasteiger partial charge in [-0.05, 0) is 38.0 Å². The van der Waals surface area contributed by atoms with Gasteiger partial charge in [-0.1, -0.05) is 12.1 Å². The number of hydrogen-bond donors (Lipinski definition) is 2. The van der Waals surface area contributed by atoms with Gasteiger partial charge in [0.1, 0.15) is 6.10 Å². The molecule has 1 aliphatic rings. The Morgan fingerprint density at radius 3 is 2.73 bits per heavy atom. The molecule has 0 saturated carbocycles. The third-order valence-electron chi connectivity index (χ3n) is 5.28. The molecule has 2 atom stereocenters. The number of benzene rings is 1. The second kappa shape index (κ2) is 8.32. The number of carbonyl (C=O) groups excluding carboxylic acids is 1. The van der Waals surface area contributed by atoms with Crippen LogP contribution in [-0.2, 0) is 0 Å². The van der Waals surface area contributed by atoms with Gasteiger partial charge < -0.3 is 20.8 Å². The number of likely N-dealkylation sites (tertiary alicyclic amines) is 1. The molecule has 0 aliphatic carbocycles. The van der Waals surface area contributed by atoms with E-state index >= 15 is 0 Å². The van der Waals surface area contributed by atoms with Gasteiger partial charge in [0.15, 0.2) is 0 Å². The van der Waals surface area contributed by atoms with Crippen molar-refractivity contribution in [3.63, 3.8) is 0 Å². The van der Waals surface area contributed by atoms with E-state index in [1.165, 1.54) is 4.80 Å². The summed E-state index contributed by atoms with van der Waals surface area (Å²) in [6, 6.07) is 8.98. The molecule has 30 heavy (non-hydrogen) atoms. The minimum atomic E-state index is -0.242. The molecule has 1 aromatic carbocycles. The molecule has 154 valence electrons. The maximum atomic E-state index is 13.4. The average Bonchev–Trinajstić information content (AvgIpc) is 3.30. The zero-order chi connectivity index (χ0) is 21.1. The average molecular weight is 405 g/mol. The fraction of sp³-hybridized carbons (Fsp3) is 0.286. The van der Waals surface area contributed by atoms with Gasteiger partial charge in [0.2, 0.25) is 5.88 Å². The second-order valence-electron chi connectivity index (χ2n) is 7.22. The SMILES string of the molecule is CC1CCC(Oc2nccc(N)c2C=N)CN1C(=O)c1ccccc1-n1nccn1. The molecule has 3 heterocycles. The third-order valence-corrected chi connectivity index (χ3v) is 5.28. The second-order valence-corrected chi connectivity index (χ2v) is 7.22. The van der Waals surface area contributed by atoms with E-state index in [9.17, 15) is 4.79 Å². The molecule has 2 unspecified atom stereocenters. The minimum Gasteiger partial charge on any atom is -0.472 e. The lowest BCUT2D eigenvalue weighted by atomic mass is 9.99. The predicted molar refractivity (Wildman–Crippen MR) is 112 cm³/mol. The van der Waals surface area contributed by atoms with Crippen molar-refractivity contribution in [3.05, 3.63) is 60.0 Å². The summed E-state index contributed by atoms with van der Waals surface area (Å²) >= 11 is 0. The molecule has 9 heteroatoms. The summed E-state index contributed by atoms with van der Waals surface area (Å²) in [5, 5.41) is 15.9. The maximum absolute atomic E-state index is 13.4. The van der Waals surface area contributed by atoms with Crippen molar-refractivity contribution in [2.75, 3.05) is 12.3 Å². The van der Waals surface area contributed by atoms with Crippen LogP contribution in [-0.4, -0.2) is 55.7 Å². The molecule has 3 aromatic rings. The fourth-order valence-corrected chi connectivity index (χ4v) is 3.64. The summed E-state index contributed by atoms with van der Waals surface area (Å²) in [7, 11) is 0. The number of aromatic nitrogens is 4. The third kappa shape index (κ3) is 3.73. The van der Waals surface area contributed by atoms with Gasteiger partial charge in [0.05, 0.1) is 35.8 Å². The highest BCUT2D eigenvalue weighted by molar-refractivity contribution is 5.98. The number of anilines is 1. The fourth-order valence-electron chi connectivity index (χ4n) is 3.64. The first-order valence-electron chi connectivity index (χ1n) is 9.76. The van der Waals surface area contributed by atoms with Crippen LogP contribution in [0.25, 0.3) is 5.69 Å². The summed E-state index contributed by atoms with van der Waals surface area (Å²) in [6.07, 6.45) is 7.18. The lowest BCUT2D eigenvalue weighted by molar-refractivity contribution is 0.0372. The number of nitrogens with zero attached hydrogens (tertiary/aromatic N) is 5. The van der Waals surface area contributed by atoms with Crippen molar-refractivity contribution in [2.45, 2.75) is 31.9 Å². The van der Waals surface area contributed by atoms with E-state index in [0.717, 1.165) is 19.1 Å². The molecule has 4 rings (SSSR count). The number of pyridine rings is 1. The number of carbonyl (C=O) groups is 1. The number of nitrogen functional groups attached to an aromatic ring is 1. The monoisotopic (exact) mass is 405 g/mol. The van der Waals surface area contributed by atoms with E-state index in [-0.39, 0.29) is 18.1 Å². The first-order chi connectivity index (χ1) is 14.6. The molecular formula is C21H23N7O2. The number of nitrogens with one attached hydrogen (secondary N) is 1. The Morgan fingerprint density at radius 1 is 1.20 bits per heavy atom. The molecule has 0 spiro atoms. The molecule has 1 saturated heterocycles. The van der Waals surface area contributed by atoms with Crippen LogP contribution in [0.1, 0.15) is 35.7 Å². The molecule has 2 aromatic heterocycles. The van der Waals surface area contributed by atoms with Crippen LogP contribution in [0.15, 0.2) is 48.9 Å². The Morgan fingerprint density at radius 2 is 1.97 bits per heavy atom. The van der Waals surface area contributed by atoms with E-state index in [1.807, 2.05) is 30.0 Å². The molecule has 0 bridgehead atoms. The zero-order valence-electron chi connectivity index (χ0n) is 16.6. The first kappa shape index (κ1) is 19.6. The molecular weight excluding hydrogens is 382 g/mol. The van der Waals surface area contributed by atoms with Crippen LogP contribution in [0.5, 0.6) is 5.88 Å². The summed E-state index contributed by atoms with van der Waals surface area (Å²) in [5.41, 5.74) is 7.97. The van der Waals surface area contributed by atoms with Crippen LogP contribution in [0.2, 0.25) is 0 Å². The van der Waals surface area contributed by atoms with E-state index in [0.29, 0.717) is 34.9 Å².